The highest BCUT2D eigenvalue weighted by molar-refractivity contribution is 7.92. The number of carbonyl (C=O) groups excluding carboxylic acids is 2. The summed E-state index contributed by atoms with van der Waals surface area (Å²) in [5.74, 6) is -0.763. The lowest BCUT2D eigenvalue weighted by Crippen LogP contribution is -2.28. The van der Waals surface area contributed by atoms with Gasteiger partial charge in [0.05, 0.1) is 16.5 Å². The number of rotatable bonds is 7. The molecule has 3 aromatic carbocycles. The molecule has 8 heteroatoms. The number of nitrogens with one attached hydrogen (secondary N) is 2. The Hall–Kier alpha value is -3.65. The Morgan fingerprint density at radius 2 is 1.57 bits per heavy atom. The molecule has 1 atom stereocenters. The van der Waals surface area contributed by atoms with Crippen LogP contribution in [0.1, 0.15) is 28.7 Å². The van der Waals surface area contributed by atoms with E-state index in [0.717, 1.165) is 22.3 Å². The van der Waals surface area contributed by atoms with Crippen molar-refractivity contribution in [3.63, 3.8) is 0 Å². The van der Waals surface area contributed by atoms with Crippen molar-refractivity contribution >= 4 is 33.2 Å². The standard InChI is InChI=1S/C27H29N3O4S/c1-18-7-9-21(10-8-18)16-30-17-22(15-25(30)31)27(32)28-23-11-13-24(14-12-23)35(33,34)29-26-19(2)5-4-6-20(26)3/h4-14,22,29H,15-17H2,1-3H3,(H,28,32). The molecule has 0 spiro atoms. The minimum atomic E-state index is -3.78. The maximum Gasteiger partial charge on any atom is 0.261 e. The zero-order chi connectivity index (χ0) is 25.2. The largest absolute Gasteiger partial charge is 0.338 e. The Morgan fingerprint density at radius 3 is 2.20 bits per heavy atom. The van der Waals surface area contributed by atoms with Crippen molar-refractivity contribution in [1.29, 1.82) is 0 Å². The number of sulfonamides is 1. The first-order valence-electron chi connectivity index (χ1n) is 11.5. The molecule has 3 aromatic rings. The Kier molecular flexibility index (Phi) is 6.93. The van der Waals surface area contributed by atoms with Crippen LogP contribution in [0.4, 0.5) is 11.4 Å². The SMILES string of the molecule is Cc1ccc(CN2CC(C(=O)Nc3ccc(S(=O)(=O)Nc4c(C)cccc4C)cc3)CC2=O)cc1. The minimum Gasteiger partial charge on any atom is -0.338 e. The van der Waals surface area contributed by atoms with Crippen molar-refractivity contribution < 1.29 is 18.0 Å². The highest BCUT2D eigenvalue weighted by Gasteiger charge is 2.34. The lowest BCUT2D eigenvalue weighted by molar-refractivity contribution is -0.128. The van der Waals surface area contributed by atoms with Gasteiger partial charge in [0, 0.05) is 25.2 Å². The van der Waals surface area contributed by atoms with Crippen LogP contribution in [0.3, 0.4) is 0 Å². The fourth-order valence-corrected chi connectivity index (χ4v) is 5.35. The van der Waals surface area contributed by atoms with Gasteiger partial charge in [-0.25, -0.2) is 8.42 Å². The molecule has 0 aromatic heterocycles. The fraction of sp³-hybridized carbons (Fsp3) is 0.259. The van der Waals surface area contributed by atoms with Gasteiger partial charge in [0.15, 0.2) is 0 Å². The molecule has 4 rings (SSSR count). The van der Waals surface area contributed by atoms with Crippen molar-refractivity contribution in [3.8, 4) is 0 Å². The van der Waals surface area contributed by atoms with Gasteiger partial charge in [-0.1, -0.05) is 48.0 Å². The fourth-order valence-electron chi connectivity index (χ4n) is 4.14. The second-order valence-electron chi connectivity index (χ2n) is 9.05. The van der Waals surface area contributed by atoms with Crippen molar-refractivity contribution in [2.45, 2.75) is 38.6 Å². The van der Waals surface area contributed by atoms with Crippen LogP contribution in [0.5, 0.6) is 0 Å². The quantitative estimate of drug-likeness (QED) is 0.512. The molecule has 1 unspecified atom stereocenters. The number of amides is 2. The Balaban J connectivity index is 1.38. The van der Waals surface area contributed by atoms with E-state index >= 15 is 0 Å². The molecule has 1 heterocycles. The van der Waals surface area contributed by atoms with Gasteiger partial charge < -0.3 is 10.2 Å². The predicted octanol–water partition coefficient (Wildman–Crippen LogP) is 4.40. The van der Waals surface area contributed by atoms with E-state index in [1.165, 1.54) is 12.1 Å². The molecule has 1 saturated heterocycles. The molecule has 0 bridgehead atoms. The van der Waals surface area contributed by atoms with Crippen LogP contribution in [-0.2, 0) is 26.2 Å². The zero-order valence-corrected chi connectivity index (χ0v) is 20.9. The summed E-state index contributed by atoms with van der Waals surface area (Å²) in [4.78, 5) is 27.0. The highest BCUT2D eigenvalue weighted by Crippen LogP contribution is 2.25. The number of para-hydroxylation sites is 1. The normalized spacial score (nSPS) is 15.8. The second-order valence-corrected chi connectivity index (χ2v) is 10.7. The van der Waals surface area contributed by atoms with Gasteiger partial charge in [-0.3, -0.25) is 14.3 Å². The number of aryl methyl sites for hydroxylation is 3. The molecule has 2 N–H and O–H groups in total. The number of carbonyl (C=O) groups is 2. The third kappa shape index (κ3) is 5.71. The summed E-state index contributed by atoms with van der Waals surface area (Å²) in [5.41, 5.74) is 4.88. The van der Waals surface area contributed by atoms with Crippen molar-refractivity contribution in [2.24, 2.45) is 5.92 Å². The van der Waals surface area contributed by atoms with Crippen LogP contribution in [0.25, 0.3) is 0 Å². The number of benzene rings is 3. The predicted molar refractivity (Wildman–Crippen MR) is 136 cm³/mol. The summed E-state index contributed by atoms with van der Waals surface area (Å²) in [6, 6.07) is 19.6. The number of nitrogens with zero attached hydrogens (tertiary/aromatic N) is 1. The molecule has 1 fully saturated rings. The van der Waals surface area contributed by atoms with Crippen LogP contribution in [-0.4, -0.2) is 31.7 Å². The smallest absolute Gasteiger partial charge is 0.261 e. The Morgan fingerprint density at radius 1 is 0.943 bits per heavy atom. The number of hydrogen-bond acceptors (Lipinski definition) is 4. The monoisotopic (exact) mass is 491 g/mol. The van der Waals surface area contributed by atoms with Crippen LogP contribution < -0.4 is 10.0 Å². The lowest BCUT2D eigenvalue weighted by Gasteiger charge is -2.17. The molecule has 0 saturated carbocycles. The van der Waals surface area contributed by atoms with Crippen molar-refractivity contribution in [1.82, 2.24) is 4.90 Å². The van der Waals surface area contributed by atoms with Gasteiger partial charge in [-0.2, -0.15) is 0 Å². The topological polar surface area (TPSA) is 95.6 Å². The zero-order valence-electron chi connectivity index (χ0n) is 20.0. The first kappa shape index (κ1) is 24.5. The van der Waals surface area contributed by atoms with E-state index in [1.807, 2.05) is 63.2 Å². The summed E-state index contributed by atoms with van der Waals surface area (Å²) in [7, 11) is -3.78. The average molecular weight is 492 g/mol. The first-order valence-corrected chi connectivity index (χ1v) is 12.9. The number of anilines is 2. The maximum absolute atomic E-state index is 12.8. The van der Waals surface area contributed by atoms with E-state index in [9.17, 15) is 18.0 Å². The van der Waals surface area contributed by atoms with Gasteiger partial charge in [-0.15, -0.1) is 0 Å². The molecule has 35 heavy (non-hydrogen) atoms. The van der Waals surface area contributed by atoms with Crippen molar-refractivity contribution in [2.75, 3.05) is 16.6 Å². The molecule has 1 aliphatic heterocycles. The molecule has 182 valence electrons. The molecular formula is C27H29N3O4S. The van der Waals surface area contributed by atoms with Crippen LogP contribution >= 0.6 is 0 Å². The summed E-state index contributed by atoms with van der Waals surface area (Å²) in [6.45, 7) is 6.53. The maximum atomic E-state index is 12.8. The molecule has 0 radical (unpaired) electrons. The third-order valence-corrected chi connectivity index (χ3v) is 7.59. The summed E-state index contributed by atoms with van der Waals surface area (Å²) in [5, 5.41) is 2.81. The molecular weight excluding hydrogens is 462 g/mol. The van der Waals surface area contributed by atoms with Crippen LogP contribution in [0.2, 0.25) is 0 Å². The van der Waals surface area contributed by atoms with Gasteiger partial charge in [0.1, 0.15) is 0 Å². The average Bonchev–Trinajstić information content (AvgIpc) is 3.18. The van der Waals surface area contributed by atoms with Crippen LogP contribution in [0.15, 0.2) is 71.6 Å². The van der Waals surface area contributed by atoms with Crippen molar-refractivity contribution in [3.05, 3.63) is 89.0 Å². The first-order chi connectivity index (χ1) is 16.6. The number of likely N-dealkylation sites (tertiary alicyclic amines) is 1. The molecule has 2 amide bonds. The lowest BCUT2D eigenvalue weighted by atomic mass is 10.1. The van der Waals surface area contributed by atoms with E-state index in [0.29, 0.717) is 24.5 Å². The summed E-state index contributed by atoms with van der Waals surface area (Å²) < 4.78 is 28.3. The van der Waals surface area contributed by atoms with E-state index in [-0.39, 0.29) is 23.1 Å². The number of hydrogen-bond donors (Lipinski definition) is 2. The van der Waals surface area contributed by atoms with E-state index in [4.69, 9.17) is 0 Å². The van der Waals surface area contributed by atoms with Gasteiger partial charge in [0.25, 0.3) is 10.0 Å². The molecule has 0 aliphatic carbocycles. The van der Waals surface area contributed by atoms with Gasteiger partial charge in [0.2, 0.25) is 11.8 Å². The second kappa shape index (κ2) is 9.92. The Bertz CT molecular complexity index is 1330. The summed E-state index contributed by atoms with van der Waals surface area (Å²) >= 11 is 0. The van der Waals surface area contributed by atoms with E-state index in [2.05, 4.69) is 10.0 Å². The third-order valence-electron chi connectivity index (χ3n) is 6.23. The molecule has 1 aliphatic rings. The minimum absolute atomic E-state index is 0.0512. The molecule has 7 nitrogen and oxygen atoms in total. The summed E-state index contributed by atoms with van der Waals surface area (Å²) in [6.07, 6.45) is 0.157. The van der Waals surface area contributed by atoms with Gasteiger partial charge in [-0.05, 0) is 61.7 Å². The Labute approximate surface area is 206 Å². The van der Waals surface area contributed by atoms with Gasteiger partial charge >= 0.3 is 0 Å². The van der Waals surface area contributed by atoms with Crippen LogP contribution in [0, 0.1) is 26.7 Å². The van der Waals surface area contributed by atoms with E-state index < -0.39 is 15.9 Å². The van der Waals surface area contributed by atoms with E-state index in [1.54, 1.807) is 17.0 Å². The highest BCUT2D eigenvalue weighted by atomic mass is 32.2.